The molecule has 1 aliphatic rings. The summed E-state index contributed by atoms with van der Waals surface area (Å²) in [6.45, 7) is 5.72. The third-order valence-corrected chi connectivity index (χ3v) is 4.42. The molecule has 1 unspecified atom stereocenters. The zero-order chi connectivity index (χ0) is 15.0. The van der Waals surface area contributed by atoms with Crippen LogP contribution in [0.1, 0.15) is 18.4 Å². The molecular weight excluding hydrogens is 272 g/mol. The lowest BCUT2D eigenvalue weighted by molar-refractivity contribution is 0.190. The van der Waals surface area contributed by atoms with Gasteiger partial charge in [0.2, 0.25) is 0 Å². The lowest BCUT2D eigenvalue weighted by atomic mass is 10.1. The zero-order valence-electron chi connectivity index (χ0n) is 13.2. The van der Waals surface area contributed by atoms with Crippen molar-refractivity contribution in [2.75, 3.05) is 26.2 Å². The lowest BCUT2D eigenvalue weighted by Gasteiger charge is -2.33. The Bertz CT molecular complexity index is 523. The largest absolute Gasteiger partial charge is 0.337 e. The highest BCUT2D eigenvalue weighted by molar-refractivity contribution is 5.14. The normalized spacial score (nSPS) is 19.4. The maximum Gasteiger partial charge on any atom is 0.0945 e. The molecule has 2 aromatic rings. The van der Waals surface area contributed by atoms with E-state index in [1.165, 1.54) is 44.5 Å². The van der Waals surface area contributed by atoms with Crippen LogP contribution in [0.2, 0.25) is 0 Å². The van der Waals surface area contributed by atoms with E-state index in [-0.39, 0.29) is 0 Å². The van der Waals surface area contributed by atoms with Gasteiger partial charge in [0, 0.05) is 44.6 Å². The van der Waals surface area contributed by atoms with E-state index < -0.39 is 0 Å². The predicted octanol–water partition coefficient (Wildman–Crippen LogP) is 2.18. The van der Waals surface area contributed by atoms with E-state index in [0.717, 1.165) is 13.1 Å². The van der Waals surface area contributed by atoms with E-state index in [1.54, 1.807) is 0 Å². The van der Waals surface area contributed by atoms with E-state index in [0.29, 0.717) is 6.04 Å². The Labute approximate surface area is 133 Å². The third-order valence-electron chi connectivity index (χ3n) is 4.42. The van der Waals surface area contributed by atoms with Gasteiger partial charge in [0.1, 0.15) is 0 Å². The minimum Gasteiger partial charge on any atom is -0.337 e. The van der Waals surface area contributed by atoms with Crippen LogP contribution in [0.25, 0.3) is 0 Å². The van der Waals surface area contributed by atoms with Crippen LogP contribution in [0, 0.1) is 0 Å². The average Bonchev–Trinajstić information content (AvgIpc) is 3.08. The molecule has 1 atom stereocenters. The monoisotopic (exact) mass is 298 g/mol. The molecule has 1 saturated heterocycles. The Hall–Kier alpha value is -1.65. The maximum atomic E-state index is 4.10. The van der Waals surface area contributed by atoms with Gasteiger partial charge in [-0.3, -0.25) is 0 Å². The number of aromatic nitrogens is 2. The Morgan fingerprint density at radius 1 is 1.18 bits per heavy atom. The van der Waals surface area contributed by atoms with Crippen molar-refractivity contribution in [2.45, 2.75) is 31.8 Å². The van der Waals surface area contributed by atoms with Gasteiger partial charge in [-0.2, -0.15) is 0 Å². The number of nitrogens with one attached hydrogen (secondary N) is 1. The Balaban J connectivity index is 1.37. The van der Waals surface area contributed by atoms with Crippen LogP contribution >= 0.6 is 0 Å². The molecule has 1 aromatic heterocycles. The van der Waals surface area contributed by atoms with Crippen LogP contribution in [0.5, 0.6) is 0 Å². The third kappa shape index (κ3) is 4.68. The molecule has 22 heavy (non-hydrogen) atoms. The summed E-state index contributed by atoms with van der Waals surface area (Å²) in [4.78, 5) is 6.71. The molecule has 1 fully saturated rings. The van der Waals surface area contributed by atoms with Gasteiger partial charge in [-0.05, 0) is 31.4 Å². The van der Waals surface area contributed by atoms with Gasteiger partial charge in [-0.15, -0.1) is 0 Å². The van der Waals surface area contributed by atoms with E-state index in [4.69, 9.17) is 0 Å². The summed E-state index contributed by atoms with van der Waals surface area (Å²) in [6, 6.07) is 11.4. The van der Waals surface area contributed by atoms with Gasteiger partial charge in [0.15, 0.2) is 0 Å². The summed E-state index contributed by atoms with van der Waals surface area (Å²) in [6.07, 6.45) is 9.40. The summed E-state index contributed by atoms with van der Waals surface area (Å²) in [5.74, 6) is 0. The maximum absolute atomic E-state index is 4.10. The number of nitrogens with zero attached hydrogens (tertiary/aromatic N) is 3. The fourth-order valence-corrected chi connectivity index (χ4v) is 3.17. The number of imidazole rings is 1. The second-order valence-corrected chi connectivity index (χ2v) is 6.13. The van der Waals surface area contributed by atoms with Gasteiger partial charge in [-0.1, -0.05) is 30.3 Å². The fraction of sp³-hybridized carbons (Fsp3) is 0.500. The smallest absolute Gasteiger partial charge is 0.0945 e. The number of rotatable bonds is 7. The first-order valence-corrected chi connectivity index (χ1v) is 8.35. The number of hydrogen-bond donors (Lipinski definition) is 1. The molecule has 0 spiro atoms. The highest BCUT2D eigenvalue weighted by Crippen LogP contribution is 2.08. The molecule has 3 rings (SSSR count). The van der Waals surface area contributed by atoms with Crippen molar-refractivity contribution >= 4 is 0 Å². The first-order chi connectivity index (χ1) is 10.9. The average molecular weight is 298 g/mol. The van der Waals surface area contributed by atoms with Crippen molar-refractivity contribution < 1.29 is 0 Å². The molecule has 0 radical (unpaired) electrons. The van der Waals surface area contributed by atoms with Gasteiger partial charge in [0.05, 0.1) is 6.33 Å². The number of hydrogen-bond acceptors (Lipinski definition) is 3. The molecule has 1 N–H and O–H groups in total. The molecule has 0 amide bonds. The first kappa shape index (κ1) is 15.3. The number of piperazine rings is 1. The molecule has 4 heteroatoms. The summed E-state index contributed by atoms with van der Waals surface area (Å²) in [5, 5.41) is 3.64. The minimum atomic E-state index is 0.605. The van der Waals surface area contributed by atoms with Crippen LogP contribution in [0.4, 0.5) is 0 Å². The quantitative estimate of drug-likeness (QED) is 0.850. The first-order valence-electron chi connectivity index (χ1n) is 8.35. The molecule has 2 heterocycles. The highest BCUT2D eigenvalue weighted by atomic mass is 15.2. The van der Waals surface area contributed by atoms with Crippen LogP contribution in [-0.4, -0.2) is 46.7 Å². The lowest BCUT2D eigenvalue weighted by Crippen LogP contribution is -2.51. The molecule has 0 bridgehead atoms. The van der Waals surface area contributed by atoms with Gasteiger partial charge in [0.25, 0.3) is 0 Å². The van der Waals surface area contributed by atoms with E-state index >= 15 is 0 Å². The predicted molar refractivity (Wildman–Crippen MR) is 89.8 cm³/mol. The van der Waals surface area contributed by atoms with Crippen molar-refractivity contribution in [1.82, 2.24) is 19.8 Å². The SMILES string of the molecule is c1ccc(CCCN2CCNC(CCn3ccnc3)C2)cc1. The summed E-state index contributed by atoms with van der Waals surface area (Å²) >= 11 is 0. The topological polar surface area (TPSA) is 33.1 Å². The highest BCUT2D eigenvalue weighted by Gasteiger charge is 2.18. The van der Waals surface area contributed by atoms with E-state index in [1.807, 2.05) is 18.7 Å². The Morgan fingerprint density at radius 3 is 2.91 bits per heavy atom. The Morgan fingerprint density at radius 2 is 2.09 bits per heavy atom. The van der Waals surface area contributed by atoms with Gasteiger partial charge >= 0.3 is 0 Å². The van der Waals surface area contributed by atoms with Crippen LogP contribution in [0.3, 0.4) is 0 Å². The molecule has 1 aliphatic heterocycles. The van der Waals surface area contributed by atoms with Crippen LogP contribution in [-0.2, 0) is 13.0 Å². The molecule has 118 valence electrons. The van der Waals surface area contributed by atoms with Crippen molar-refractivity contribution in [3.63, 3.8) is 0 Å². The second-order valence-electron chi connectivity index (χ2n) is 6.13. The molecule has 0 saturated carbocycles. The van der Waals surface area contributed by atoms with Crippen molar-refractivity contribution in [3.8, 4) is 0 Å². The molecular formula is C18H26N4. The molecule has 1 aromatic carbocycles. The fourth-order valence-electron chi connectivity index (χ4n) is 3.17. The zero-order valence-corrected chi connectivity index (χ0v) is 13.2. The van der Waals surface area contributed by atoms with E-state index in [2.05, 4.69) is 50.1 Å². The standard InChI is InChI=1S/C18H26N4/c1-2-5-17(6-3-1)7-4-11-21-14-10-20-18(15-21)8-12-22-13-9-19-16-22/h1-3,5-6,9,13,16,18,20H,4,7-8,10-12,14-15H2. The van der Waals surface area contributed by atoms with Gasteiger partial charge < -0.3 is 14.8 Å². The van der Waals surface area contributed by atoms with Crippen molar-refractivity contribution in [2.24, 2.45) is 0 Å². The van der Waals surface area contributed by atoms with Gasteiger partial charge in [-0.25, -0.2) is 4.98 Å². The van der Waals surface area contributed by atoms with Crippen molar-refractivity contribution in [3.05, 3.63) is 54.6 Å². The van der Waals surface area contributed by atoms with Crippen LogP contribution in [0.15, 0.2) is 49.1 Å². The second kappa shape index (κ2) is 8.11. The summed E-state index contributed by atoms with van der Waals surface area (Å²) in [7, 11) is 0. The number of aryl methyl sites for hydroxylation is 2. The van der Waals surface area contributed by atoms with Crippen molar-refractivity contribution in [1.29, 1.82) is 0 Å². The van der Waals surface area contributed by atoms with E-state index in [9.17, 15) is 0 Å². The summed E-state index contributed by atoms with van der Waals surface area (Å²) < 4.78 is 2.16. The molecule has 0 aliphatic carbocycles. The summed E-state index contributed by atoms with van der Waals surface area (Å²) in [5.41, 5.74) is 1.45. The van der Waals surface area contributed by atoms with Crippen LogP contribution < -0.4 is 5.32 Å². The Kier molecular flexibility index (Phi) is 5.62. The minimum absolute atomic E-state index is 0.605. The molecule has 4 nitrogen and oxygen atoms in total. The number of benzene rings is 1.